The molecule has 2 aliphatic rings. The molecular formula is C23H23N5O. The number of anilines is 1. The van der Waals surface area contributed by atoms with Crippen LogP contribution in [0.4, 0.5) is 5.69 Å². The Hall–Kier alpha value is -3.09. The molecule has 1 fully saturated rings. The number of morpholine rings is 1. The average Bonchev–Trinajstić information content (AvgIpc) is 3.27. The van der Waals surface area contributed by atoms with Crippen LogP contribution in [0.3, 0.4) is 0 Å². The third-order valence-corrected chi connectivity index (χ3v) is 5.41. The summed E-state index contributed by atoms with van der Waals surface area (Å²) in [6.45, 7) is 5.03. The van der Waals surface area contributed by atoms with Gasteiger partial charge in [-0.1, -0.05) is 12.1 Å². The van der Waals surface area contributed by atoms with E-state index >= 15 is 0 Å². The molecule has 29 heavy (non-hydrogen) atoms. The fourth-order valence-corrected chi connectivity index (χ4v) is 3.93. The van der Waals surface area contributed by atoms with Gasteiger partial charge in [-0.3, -0.25) is 4.98 Å². The van der Waals surface area contributed by atoms with Crippen molar-refractivity contribution in [1.29, 1.82) is 0 Å². The zero-order chi connectivity index (χ0) is 19.5. The maximum Gasteiger partial charge on any atom is 0.162 e. The van der Waals surface area contributed by atoms with Crippen LogP contribution in [0, 0.1) is 0 Å². The Morgan fingerprint density at radius 1 is 0.931 bits per heavy atom. The van der Waals surface area contributed by atoms with Gasteiger partial charge in [-0.2, -0.15) is 0 Å². The highest BCUT2D eigenvalue weighted by Crippen LogP contribution is 2.36. The number of benzene rings is 1. The van der Waals surface area contributed by atoms with Gasteiger partial charge < -0.3 is 15.0 Å². The SMILES string of the molecule is C(=C\c1ccnc(-c2c(N3CCOCC3)ccc3c2CNC3)n1)/c1ccncc1. The fourth-order valence-electron chi connectivity index (χ4n) is 3.93. The molecule has 3 aromatic rings. The summed E-state index contributed by atoms with van der Waals surface area (Å²) in [5.74, 6) is 0.781. The second kappa shape index (κ2) is 8.11. The van der Waals surface area contributed by atoms with Crippen LogP contribution < -0.4 is 10.2 Å². The molecule has 2 aliphatic heterocycles. The van der Waals surface area contributed by atoms with Gasteiger partial charge in [0, 0.05) is 56.0 Å². The summed E-state index contributed by atoms with van der Waals surface area (Å²) in [7, 11) is 0. The summed E-state index contributed by atoms with van der Waals surface area (Å²) >= 11 is 0. The second-order valence-electron chi connectivity index (χ2n) is 7.22. The molecule has 0 aliphatic carbocycles. The highest BCUT2D eigenvalue weighted by atomic mass is 16.5. The van der Waals surface area contributed by atoms with Crippen molar-refractivity contribution >= 4 is 17.8 Å². The van der Waals surface area contributed by atoms with Crippen LogP contribution >= 0.6 is 0 Å². The van der Waals surface area contributed by atoms with Crippen molar-refractivity contribution < 1.29 is 4.74 Å². The van der Waals surface area contributed by atoms with Crippen molar-refractivity contribution in [1.82, 2.24) is 20.3 Å². The second-order valence-corrected chi connectivity index (χ2v) is 7.22. The highest BCUT2D eigenvalue weighted by molar-refractivity contribution is 5.80. The minimum absolute atomic E-state index is 0.754. The van der Waals surface area contributed by atoms with E-state index in [4.69, 9.17) is 9.72 Å². The molecule has 0 unspecified atom stereocenters. The van der Waals surface area contributed by atoms with Crippen molar-refractivity contribution in [3.63, 3.8) is 0 Å². The number of hydrogen-bond donors (Lipinski definition) is 1. The van der Waals surface area contributed by atoms with Crippen LogP contribution in [0.15, 0.2) is 48.9 Å². The first kappa shape index (κ1) is 18.0. The summed E-state index contributed by atoms with van der Waals surface area (Å²) in [5, 5.41) is 3.47. The third kappa shape index (κ3) is 3.77. The minimum atomic E-state index is 0.754. The van der Waals surface area contributed by atoms with Gasteiger partial charge in [-0.05, 0) is 47.0 Å². The molecule has 1 aromatic carbocycles. The number of fused-ring (bicyclic) bond motifs is 1. The monoisotopic (exact) mass is 385 g/mol. The van der Waals surface area contributed by atoms with Crippen LogP contribution in [0.1, 0.15) is 22.4 Å². The third-order valence-electron chi connectivity index (χ3n) is 5.41. The van der Waals surface area contributed by atoms with Crippen molar-refractivity contribution in [2.75, 3.05) is 31.2 Å². The van der Waals surface area contributed by atoms with Gasteiger partial charge in [0.2, 0.25) is 0 Å². The summed E-state index contributed by atoms with van der Waals surface area (Å²) in [6.07, 6.45) is 9.50. The van der Waals surface area contributed by atoms with E-state index in [2.05, 4.69) is 32.3 Å². The van der Waals surface area contributed by atoms with Gasteiger partial charge >= 0.3 is 0 Å². The summed E-state index contributed by atoms with van der Waals surface area (Å²) in [5.41, 5.74) is 6.98. The average molecular weight is 385 g/mol. The summed E-state index contributed by atoms with van der Waals surface area (Å²) in [6, 6.07) is 10.3. The number of hydrogen-bond acceptors (Lipinski definition) is 6. The summed E-state index contributed by atoms with van der Waals surface area (Å²) < 4.78 is 5.55. The molecule has 6 nitrogen and oxygen atoms in total. The Morgan fingerprint density at radius 2 is 1.79 bits per heavy atom. The number of nitrogens with one attached hydrogen (secondary N) is 1. The largest absolute Gasteiger partial charge is 0.378 e. The lowest BCUT2D eigenvalue weighted by Gasteiger charge is -2.31. The molecule has 6 heteroatoms. The standard InChI is InChI=1S/C23H23N5O/c1(17-5-8-24-9-6-17)3-19-7-10-26-23(27-19)22-20-16-25-15-18(20)2-4-21(22)28-11-13-29-14-12-28/h1-10,25H,11-16H2/b3-1+. The van der Waals surface area contributed by atoms with Gasteiger partial charge in [0.25, 0.3) is 0 Å². The first-order valence-corrected chi connectivity index (χ1v) is 9.98. The zero-order valence-corrected chi connectivity index (χ0v) is 16.2. The van der Waals surface area contributed by atoms with E-state index in [1.54, 1.807) is 12.4 Å². The normalized spacial score (nSPS) is 16.3. The highest BCUT2D eigenvalue weighted by Gasteiger charge is 2.24. The van der Waals surface area contributed by atoms with Gasteiger partial charge in [0.1, 0.15) is 0 Å². The van der Waals surface area contributed by atoms with E-state index in [9.17, 15) is 0 Å². The molecule has 1 saturated heterocycles. The predicted octanol–water partition coefficient (Wildman–Crippen LogP) is 3.15. The van der Waals surface area contributed by atoms with Crippen LogP contribution in [0.25, 0.3) is 23.5 Å². The molecule has 2 aromatic heterocycles. The molecular weight excluding hydrogens is 362 g/mol. The van der Waals surface area contributed by atoms with E-state index in [0.717, 1.165) is 62.0 Å². The van der Waals surface area contributed by atoms with Crippen molar-refractivity contribution in [3.05, 3.63) is 71.3 Å². The molecule has 0 amide bonds. The Labute approximate surface area is 170 Å². The minimum Gasteiger partial charge on any atom is -0.378 e. The number of rotatable bonds is 4. The number of aromatic nitrogens is 3. The van der Waals surface area contributed by atoms with Crippen molar-refractivity contribution in [2.45, 2.75) is 13.1 Å². The lowest BCUT2D eigenvalue weighted by molar-refractivity contribution is 0.122. The van der Waals surface area contributed by atoms with Crippen molar-refractivity contribution in [2.24, 2.45) is 0 Å². The van der Waals surface area contributed by atoms with Crippen LogP contribution in [-0.4, -0.2) is 41.3 Å². The molecule has 0 bridgehead atoms. The van der Waals surface area contributed by atoms with Crippen LogP contribution in [-0.2, 0) is 17.8 Å². The summed E-state index contributed by atoms with van der Waals surface area (Å²) in [4.78, 5) is 16.0. The zero-order valence-electron chi connectivity index (χ0n) is 16.2. The Balaban J connectivity index is 1.55. The Morgan fingerprint density at radius 3 is 2.66 bits per heavy atom. The molecule has 146 valence electrons. The number of pyridine rings is 1. The van der Waals surface area contributed by atoms with Gasteiger partial charge in [-0.15, -0.1) is 0 Å². The number of ether oxygens (including phenoxy) is 1. The molecule has 0 saturated carbocycles. The van der Waals surface area contributed by atoms with Crippen molar-refractivity contribution in [3.8, 4) is 11.4 Å². The van der Waals surface area contributed by atoms with Gasteiger partial charge in [0.05, 0.1) is 18.9 Å². The molecule has 1 N–H and O–H groups in total. The van der Waals surface area contributed by atoms with Gasteiger partial charge in [0.15, 0.2) is 5.82 Å². The lowest BCUT2D eigenvalue weighted by Crippen LogP contribution is -2.36. The van der Waals surface area contributed by atoms with E-state index < -0.39 is 0 Å². The maximum atomic E-state index is 5.55. The predicted molar refractivity (Wildman–Crippen MR) is 114 cm³/mol. The lowest BCUT2D eigenvalue weighted by atomic mass is 9.99. The smallest absolute Gasteiger partial charge is 0.162 e. The molecule has 0 spiro atoms. The van der Waals surface area contributed by atoms with E-state index in [0.29, 0.717) is 0 Å². The van der Waals surface area contributed by atoms with E-state index in [-0.39, 0.29) is 0 Å². The quantitative estimate of drug-likeness (QED) is 0.744. The van der Waals surface area contributed by atoms with Gasteiger partial charge in [-0.25, -0.2) is 9.97 Å². The Kier molecular flexibility index (Phi) is 5.02. The van der Waals surface area contributed by atoms with E-state index in [1.807, 2.05) is 36.5 Å². The van der Waals surface area contributed by atoms with Crippen LogP contribution in [0.2, 0.25) is 0 Å². The van der Waals surface area contributed by atoms with E-state index in [1.165, 1.54) is 16.8 Å². The van der Waals surface area contributed by atoms with Crippen LogP contribution in [0.5, 0.6) is 0 Å². The first-order chi connectivity index (χ1) is 14.4. The topological polar surface area (TPSA) is 63.2 Å². The fraction of sp³-hybridized carbons (Fsp3) is 0.261. The Bertz CT molecular complexity index is 1030. The first-order valence-electron chi connectivity index (χ1n) is 9.98. The molecule has 4 heterocycles. The molecule has 0 atom stereocenters. The molecule has 5 rings (SSSR count). The molecule has 0 radical (unpaired) electrons. The number of nitrogens with zero attached hydrogens (tertiary/aromatic N) is 4. The maximum absolute atomic E-state index is 5.55.